The number of thiophene rings is 1. The van der Waals surface area contributed by atoms with Crippen molar-refractivity contribution >= 4 is 28.9 Å². The summed E-state index contributed by atoms with van der Waals surface area (Å²) >= 11 is 1.35. The van der Waals surface area contributed by atoms with Gasteiger partial charge in [-0.15, -0.1) is 11.3 Å². The lowest BCUT2D eigenvalue weighted by Gasteiger charge is -2.30. The molecule has 5 nitrogen and oxygen atoms in total. The van der Waals surface area contributed by atoms with E-state index in [0.29, 0.717) is 29.6 Å². The summed E-state index contributed by atoms with van der Waals surface area (Å²) in [6.45, 7) is 6.53. The molecule has 1 aliphatic heterocycles. The fourth-order valence-electron chi connectivity index (χ4n) is 3.40. The molecular formula is C21H26N2O3S. The van der Waals surface area contributed by atoms with Crippen LogP contribution in [0.1, 0.15) is 36.4 Å². The second kappa shape index (κ2) is 9.15. The highest BCUT2D eigenvalue weighted by molar-refractivity contribution is 7.18. The smallest absolute Gasteiger partial charge is 0.350 e. The molecule has 0 unspecified atom stereocenters. The first-order chi connectivity index (χ1) is 13.1. The monoisotopic (exact) mass is 386 g/mol. The maximum absolute atomic E-state index is 12.6. The van der Waals surface area contributed by atoms with E-state index in [4.69, 9.17) is 4.74 Å². The van der Waals surface area contributed by atoms with E-state index in [0.717, 1.165) is 30.0 Å². The Balaban J connectivity index is 1.77. The lowest BCUT2D eigenvalue weighted by atomic mass is 10.0. The predicted octanol–water partition coefficient (Wildman–Crippen LogP) is 4.26. The molecule has 1 atom stereocenters. The zero-order valence-electron chi connectivity index (χ0n) is 15.9. The van der Waals surface area contributed by atoms with E-state index < -0.39 is 5.97 Å². The van der Waals surface area contributed by atoms with Gasteiger partial charge in [-0.3, -0.25) is 9.69 Å². The lowest BCUT2D eigenvalue weighted by Crippen LogP contribution is -2.39. The van der Waals surface area contributed by atoms with Gasteiger partial charge in [-0.25, -0.2) is 4.79 Å². The Labute approximate surface area is 164 Å². The highest BCUT2D eigenvalue weighted by Gasteiger charge is 2.22. The Morgan fingerprint density at radius 1 is 1.30 bits per heavy atom. The van der Waals surface area contributed by atoms with Crippen LogP contribution in [0.4, 0.5) is 5.69 Å². The van der Waals surface area contributed by atoms with Gasteiger partial charge in [0.05, 0.1) is 18.8 Å². The second-order valence-electron chi connectivity index (χ2n) is 6.97. The van der Waals surface area contributed by atoms with Crippen molar-refractivity contribution in [2.45, 2.75) is 26.7 Å². The number of esters is 1. The third-order valence-corrected chi connectivity index (χ3v) is 5.80. The highest BCUT2D eigenvalue weighted by atomic mass is 32.1. The van der Waals surface area contributed by atoms with Crippen molar-refractivity contribution in [3.63, 3.8) is 0 Å². The second-order valence-corrected chi connectivity index (χ2v) is 8.02. The van der Waals surface area contributed by atoms with Gasteiger partial charge in [-0.05, 0) is 43.9 Å². The Morgan fingerprint density at radius 2 is 2.07 bits per heavy atom. The van der Waals surface area contributed by atoms with Gasteiger partial charge in [0.2, 0.25) is 5.91 Å². The van der Waals surface area contributed by atoms with Crippen molar-refractivity contribution in [1.82, 2.24) is 4.90 Å². The Hall–Kier alpha value is -2.18. The summed E-state index contributed by atoms with van der Waals surface area (Å²) < 4.78 is 5.17. The first kappa shape index (κ1) is 19.6. The van der Waals surface area contributed by atoms with Gasteiger partial charge in [-0.2, -0.15) is 0 Å². The van der Waals surface area contributed by atoms with Crippen LogP contribution in [-0.4, -0.2) is 43.0 Å². The molecule has 0 radical (unpaired) electrons. The van der Waals surface area contributed by atoms with Crippen LogP contribution in [0.2, 0.25) is 0 Å². The number of benzene rings is 1. The van der Waals surface area contributed by atoms with Crippen molar-refractivity contribution in [2.24, 2.45) is 5.92 Å². The van der Waals surface area contributed by atoms with Crippen molar-refractivity contribution in [3.8, 4) is 10.4 Å². The zero-order chi connectivity index (χ0) is 19.2. The first-order valence-electron chi connectivity index (χ1n) is 9.45. The van der Waals surface area contributed by atoms with Crippen molar-refractivity contribution < 1.29 is 14.3 Å². The number of amides is 1. The minimum atomic E-state index is -0.397. The highest BCUT2D eigenvalue weighted by Crippen LogP contribution is 2.35. The molecule has 0 bridgehead atoms. The topological polar surface area (TPSA) is 58.6 Å². The van der Waals surface area contributed by atoms with Gasteiger partial charge < -0.3 is 10.1 Å². The van der Waals surface area contributed by atoms with Crippen LogP contribution < -0.4 is 5.32 Å². The van der Waals surface area contributed by atoms with Gasteiger partial charge in [0.1, 0.15) is 4.88 Å². The number of carbonyl (C=O) groups is 2. The average Bonchev–Trinajstić information content (AvgIpc) is 3.06. The third kappa shape index (κ3) is 5.17. The molecule has 27 heavy (non-hydrogen) atoms. The molecule has 1 N–H and O–H groups in total. The number of anilines is 1. The van der Waals surface area contributed by atoms with Crippen LogP contribution in [-0.2, 0) is 9.53 Å². The van der Waals surface area contributed by atoms with E-state index in [-0.39, 0.29) is 5.91 Å². The van der Waals surface area contributed by atoms with Crippen LogP contribution in [0.15, 0.2) is 36.4 Å². The molecule has 3 rings (SSSR count). The van der Waals surface area contributed by atoms with Gasteiger partial charge in [0, 0.05) is 11.4 Å². The predicted molar refractivity (Wildman–Crippen MR) is 109 cm³/mol. The van der Waals surface area contributed by atoms with Crippen LogP contribution in [0.3, 0.4) is 0 Å². The number of nitrogens with zero attached hydrogens (tertiary/aromatic N) is 1. The summed E-state index contributed by atoms with van der Waals surface area (Å²) in [5, 5.41) is 2.93. The first-order valence-corrected chi connectivity index (χ1v) is 10.3. The number of carbonyl (C=O) groups excluding carboxylic acids is 2. The number of piperidine rings is 1. The maximum Gasteiger partial charge on any atom is 0.350 e. The van der Waals surface area contributed by atoms with Gasteiger partial charge >= 0.3 is 5.97 Å². The fourth-order valence-corrected chi connectivity index (χ4v) is 4.41. The van der Waals surface area contributed by atoms with Crippen LogP contribution in [0.25, 0.3) is 10.4 Å². The normalized spacial score (nSPS) is 17.5. The minimum absolute atomic E-state index is 0.0907. The Morgan fingerprint density at radius 3 is 2.78 bits per heavy atom. The Bertz CT molecular complexity index is 788. The maximum atomic E-state index is 12.6. The number of nitrogens with one attached hydrogen (secondary N) is 1. The summed E-state index contributed by atoms with van der Waals surface area (Å²) in [5.41, 5.74) is 1.55. The van der Waals surface area contributed by atoms with E-state index in [1.807, 2.05) is 36.4 Å². The minimum Gasteiger partial charge on any atom is -0.462 e. The average molecular weight is 387 g/mol. The van der Waals surface area contributed by atoms with Crippen LogP contribution in [0, 0.1) is 5.92 Å². The molecule has 0 spiro atoms. The van der Waals surface area contributed by atoms with E-state index in [1.165, 1.54) is 17.8 Å². The summed E-state index contributed by atoms with van der Waals surface area (Å²) in [4.78, 5) is 28.5. The van der Waals surface area contributed by atoms with Crippen molar-refractivity contribution in [2.75, 3.05) is 31.6 Å². The molecule has 1 amide bonds. The molecule has 2 heterocycles. The quantitative estimate of drug-likeness (QED) is 0.754. The van der Waals surface area contributed by atoms with Crippen molar-refractivity contribution in [3.05, 3.63) is 41.3 Å². The number of hydrogen-bond acceptors (Lipinski definition) is 5. The van der Waals surface area contributed by atoms with E-state index >= 15 is 0 Å². The molecule has 1 aromatic heterocycles. The largest absolute Gasteiger partial charge is 0.462 e. The molecule has 6 heteroatoms. The standard InChI is InChI=1S/C21H26N2O3S/c1-3-26-21(25)20-17(12-18(27-20)16-9-5-4-6-10-16)22-19(24)14-23-11-7-8-15(2)13-23/h4-6,9-10,12,15H,3,7-8,11,13-14H2,1-2H3,(H,22,24)/t15-/m0/s1. The van der Waals surface area contributed by atoms with Crippen LogP contribution in [0.5, 0.6) is 0 Å². The molecule has 0 aliphatic carbocycles. The van der Waals surface area contributed by atoms with Crippen molar-refractivity contribution in [1.29, 1.82) is 0 Å². The third-order valence-electron chi connectivity index (χ3n) is 4.63. The number of ether oxygens (including phenoxy) is 1. The number of likely N-dealkylation sites (tertiary alicyclic amines) is 1. The molecule has 1 aliphatic rings. The summed E-state index contributed by atoms with van der Waals surface area (Å²) in [6.07, 6.45) is 2.34. The molecule has 144 valence electrons. The molecular weight excluding hydrogens is 360 g/mol. The summed E-state index contributed by atoms with van der Waals surface area (Å²) in [5.74, 6) is 0.131. The molecule has 1 saturated heterocycles. The molecule has 0 saturated carbocycles. The van der Waals surface area contributed by atoms with E-state index in [2.05, 4.69) is 17.1 Å². The zero-order valence-corrected chi connectivity index (χ0v) is 16.7. The number of rotatable bonds is 6. The molecule has 1 fully saturated rings. The molecule has 2 aromatic rings. The van der Waals surface area contributed by atoms with Gasteiger partial charge in [-0.1, -0.05) is 37.3 Å². The fraction of sp³-hybridized carbons (Fsp3) is 0.429. The van der Waals surface area contributed by atoms with Gasteiger partial charge in [0.25, 0.3) is 0 Å². The van der Waals surface area contributed by atoms with E-state index in [9.17, 15) is 9.59 Å². The summed E-state index contributed by atoms with van der Waals surface area (Å²) in [7, 11) is 0. The summed E-state index contributed by atoms with van der Waals surface area (Å²) in [6, 6.07) is 11.7. The van der Waals surface area contributed by atoms with Gasteiger partial charge in [0.15, 0.2) is 0 Å². The SMILES string of the molecule is CCOC(=O)c1sc(-c2ccccc2)cc1NC(=O)CN1CCC[C@H](C)C1. The van der Waals surface area contributed by atoms with Crippen LogP contribution >= 0.6 is 11.3 Å². The van der Waals surface area contributed by atoms with E-state index in [1.54, 1.807) is 6.92 Å². The lowest BCUT2D eigenvalue weighted by molar-refractivity contribution is -0.117. The molecule has 1 aromatic carbocycles. The number of hydrogen-bond donors (Lipinski definition) is 1. The Kier molecular flexibility index (Phi) is 6.63.